The van der Waals surface area contributed by atoms with E-state index >= 15 is 0 Å². The van der Waals surface area contributed by atoms with Crippen molar-refractivity contribution in [1.29, 1.82) is 0 Å². The van der Waals surface area contributed by atoms with E-state index < -0.39 is 18.0 Å². The first kappa shape index (κ1) is 45.3. The Morgan fingerprint density at radius 1 is 0.925 bits per heavy atom. The maximum Gasteiger partial charge on any atom is 0.255 e. The number of aliphatic imine (C=N–C) groups is 1. The molecule has 4 amide bonds. The fourth-order valence-electron chi connectivity index (χ4n) is 8.97. The summed E-state index contributed by atoms with van der Waals surface area (Å²) in [5, 5.41) is 26.7. The second-order valence-corrected chi connectivity index (χ2v) is 18.7. The molecule has 5 heterocycles. The average Bonchev–Trinajstić information content (AvgIpc) is 3.93. The van der Waals surface area contributed by atoms with Gasteiger partial charge in [0, 0.05) is 68.9 Å². The number of amides is 4. The lowest BCUT2D eigenvalue weighted by molar-refractivity contribution is -0.137. The van der Waals surface area contributed by atoms with Crippen LogP contribution in [-0.2, 0) is 25.7 Å². The third-order valence-electron chi connectivity index (χ3n) is 12.5. The summed E-state index contributed by atoms with van der Waals surface area (Å²) in [5.41, 5.74) is 6.83. The van der Waals surface area contributed by atoms with E-state index in [0.717, 1.165) is 56.0 Å². The van der Waals surface area contributed by atoms with Crippen LogP contribution < -0.4 is 15.4 Å². The highest BCUT2D eigenvalue weighted by Crippen LogP contribution is 2.41. The number of imide groups is 1. The minimum atomic E-state index is -0.732. The summed E-state index contributed by atoms with van der Waals surface area (Å²) in [5.74, 6) is 0.667. The molecular weight excluding hydrogens is 890 g/mol. The molecule has 2 N–H and O–H groups in total. The van der Waals surface area contributed by atoms with Crippen LogP contribution in [0.2, 0.25) is 5.02 Å². The minimum absolute atomic E-state index is 0.0313. The van der Waals surface area contributed by atoms with Gasteiger partial charge in [0.15, 0.2) is 11.6 Å². The lowest BCUT2D eigenvalue weighted by Gasteiger charge is -2.29. The number of aryl methyl sites for hydroxylation is 3. The van der Waals surface area contributed by atoms with Gasteiger partial charge in [-0.05, 0) is 88.4 Å². The second kappa shape index (κ2) is 19.1. The summed E-state index contributed by atoms with van der Waals surface area (Å²) in [4.78, 5) is 72.0. The molecule has 17 heteroatoms. The van der Waals surface area contributed by atoms with Crippen molar-refractivity contribution in [2.24, 2.45) is 15.2 Å². The number of ketones is 1. The SMILES string of the molecule is Cc1cc(N=Nc2cccc3c2CN(C2CCC(=O)NC2=O)C3=O)c2ccccc2c1OCC(=O)CCCCCNC(=O)C[C@@H]1N=C(c2ccc(Cl)cc2)c2c(sc(C)c2C)-n2c(C)nnc21. The molecule has 6 aromatic rings. The zero-order valence-electron chi connectivity index (χ0n) is 37.5. The number of piperidine rings is 1. The minimum Gasteiger partial charge on any atom is -0.485 e. The van der Waals surface area contributed by atoms with E-state index in [9.17, 15) is 24.0 Å². The Hall–Kier alpha value is -6.91. The molecule has 0 bridgehead atoms. The third kappa shape index (κ3) is 9.15. The van der Waals surface area contributed by atoms with Gasteiger partial charge in [-0.15, -0.1) is 26.6 Å². The molecule has 342 valence electrons. The zero-order valence-corrected chi connectivity index (χ0v) is 39.1. The lowest BCUT2D eigenvalue weighted by Crippen LogP contribution is -2.52. The summed E-state index contributed by atoms with van der Waals surface area (Å²) in [6.07, 6.45) is 2.97. The van der Waals surface area contributed by atoms with Crippen LogP contribution in [-0.4, -0.2) is 74.0 Å². The van der Waals surface area contributed by atoms with E-state index in [1.54, 1.807) is 29.5 Å². The monoisotopic (exact) mass is 937 g/mol. The van der Waals surface area contributed by atoms with Crippen molar-refractivity contribution >= 4 is 80.2 Å². The first-order chi connectivity index (χ1) is 32.4. The Morgan fingerprint density at radius 3 is 2.49 bits per heavy atom. The molecule has 15 nitrogen and oxygen atoms in total. The molecule has 2 aromatic heterocycles. The second-order valence-electron chi connectivity index (χ2n) is 17.1. The smallest absolute Gasteiger partial charge is 0.255 e. The average molecular weight is 939 g/mol. The number of fused-ring (bicyclic) bond motifs is 5. The number of carbonyl (C=O) groups is 5. The highest BCUT2D eigenvalue weighted by molar-refractivity contribution is 7.15. The first-order valence-electron chi connectivity index (χ1n) is 22.3. The van der Waals surface area contributed by atoms with Crippen LogP contribution in [0.4, 0.5) is 11.4 Å². The number of azo groups is 1. The van der Waals surface area contributed by atoms with Crippen molar-refractivity contribution < 1.29 is 28.7 Å². The van der Waals surface area contributed by atoms with Crippen molar-refractivity contribution in [1.82, 2.24) is 30.3 Å². The van der Waals surface area contributed by atoms with E-state index in [1.807, 2.05) is 73.0 Å². The van der Waals surface area contributed by atoms with Crippen molar-refractivity contribution in [3.8, 4) is 10.8 Å². The van der Waals surface area contributed by atoms with E-state index in [4.69, 9.17) is 21.3 Å². The highest BCUT2D eigenvalue weighted by atomic mass is 35.5. The maximum atomic E-state index is 13.4. The van der Waals surface area contributed by atoms with Gasteiger partial charge in [0.2, 0.25) is 17.7 Å². The van der Waals surface area contributed by atoms with Gasteiger partial charge in [0.25, 0.3) is 5.91 Å². The molecule has 4 aromatic carbocycles. The number of halogens is 1. The predicted octanol–water partition coefficient (Wildman–Crippen LogP) is 9.15. The van der Waals surface area contributed by atoms with Crippen LogP contribution in [0.25, 0.3) is 15.8 Å². The number of benzene rings is 4. The highest BCUT2D eigenvalue weighted by Gasteiger charge is 2.40. The van der Waals surface area contributed by atoms with Crippen molar-refractivity contribution in [3.05, 3.63) is 128 Å². The van der Waals surface area contributed by atoms with Crippen LogP contribution in [0.5, 0.6) is 5.75 Å². The van der Waals surface area contributed by atoms with Crippen LogP contribution in [0.1, 0.15) is 106 Å². The number of nitrogens with one attached hydrogen (secondary N) is 2. The number of unbranched alkanes of at least 4 members (excludes halogenated alkanes) is 2. The molecule has 1 saturated heterocycles. The Labute approximate surface area is 395 Å². The number of rotatable bonds is 15. The first-order valence-corrected chi connectivity index (χ1v) is 23.5. The number of thiophene rings is 1. The summed E-state index contributed by atoms with van der Waals surface area (Å²) >= 11 is 7.91. The molecule has 2 atom stereocenters. The normalized spacial score (nSPS) is 16.7. The number of hydrogen-bond acceptors (Lipinski definition) is 12. The Bertz CT molecular complexity index is 3050. The summed E-state index contributed by atoms with van der Waals surface area (Å²) < 4.78 is 8.20. The zero-order chi connectivity index (χ0) is 46.9. The number of ether oxygens (including phenoxy) is 1. The van der Waals surface area contributed by atoms with Crippen molar-refractivity contribution in [3.63, 3.8) is 0 Å². The number of hydrogen-bond donors (Lipinski definition) is 2. The summed E-state index contributed by atoms with van der Waals surface area (Å²) in [6, 6.07) is 21.0. The molecule has 3 aliphatic rings. The summed E-state index contributed by atoms with van der Waals surface area (Å²) in [7, 11) is 0. The number of nitrogens with zero attached hydrogens (tertiary/aromatic N) is 7. The van der Waals surface area contributed by atoms with Gasteiger partial charge in [-0.1, -0.05) is 60.5 Å². The molecule has 0 radical (unpaired) electrons. The molecule has 3 aliphatic heterocycles. The van der Waals surface area contributed by atoms with E-state index in [1.165, 1.54) is 9.78 Å². The Balaban J connectivity index is 0.780. The summed E-state index contributed by atoms with van der Waals surface area (Å²) in [6.45, 7) is 8.54. The fraction of sp³-hybridized carbons (Fsp3) is 0.320. The largest absolute Gasteiger partial charge is 0.485 e. The maximum absolute atomic E-state index is 13.4. The molecule has 0 spiro atoms. The number of aromatic nitrogens is 3. The van der Waals surface area contributed by atoms with Gasteiger partial charge in [-0.25, -0.2) is 0 Å². The molecule has 67 heavy (non-hydrogen) atoms. The van der Waals surface area contributed by atoms with Crippen molar-refractivity contribution in [2.45, 2.75) is 91.3 Å². The van der Waals surface area contributed by atoms with E-state index in [-0.39, 0.29) is 55.9 Å². The van der Waals surface area contributed by atoms with Crippen molar-refractivity contribution in [2.75, 3.05) is 13.2 Å². The van der Waals surface area contributed by atoms with Crippen LogP contribution >= 0.6 is 22.9 Å². The molecule has 1 fully saturated rings. The molecule has 9 rings (SSSR count). The van der Waals surface area contributed by atoms with Gasteiger partial charge >= 0.3 is 0 Å². The molecule has 0 saturated carbocycles. The standard InChI is InChI=1S/C50H48ClN9O6S/c1-27-23-39(57-56-38-15-10-14-36-37(38)25-59(49(36)65)41-20-21-42(62)54-48(41)64)34-12-7-8-13-35(34)46(27)66-26-33(61)11-6-5-9-22-52-43(63)24-40-47-58-55-30(4)60(47)50-44(28(2)29(3)67-50)45(53-40)31-16-18-32(51)19-17-31/h7-8,10,12-19,23,40-41H,5-6,9,11,20-22,24-26H2,1-4H3,(H,52,63)(H,54,62,64)/t40-,41?/m0/s1. The van der Waals surface area contributed by atoms with Crippen LogP contribution in [0.3, 0.4) is 0 Å². The van der Waals surface area contributed by atoms with Gasteiger partial charge in [-0.2, -0.15) is 5.11 Å². The quantitative estimate of drug-likeness (QED) is 0.0579. The predicted molar refractivity (Wildman–Crippen MR) is 255 cm³/mol. The molecular formula is C50H48ClN9O6S. The third-order valence-corrected chi connectivity index (χ3v) is 14.0. The number of Topliss-reactive ketones (excluding diaryl/α,β-unsaturated/α-hetero) is 1. The van der Waals surface area contributed by atoms with Crippen LogP contribution in [0, 0.1) is 27.7 Å². The number of carbonyl (C=O) groups excluding carboxylic acids is 5. The Kier molecular flexibility index (Phi) is 12.9. The molecule has 0 aliphatic carbocycles. The van der Waals surface area contributed by atoms with Gasteiger partial charge in [0.05, 0.1) is 23.5 Å². The van der Waals surface area contributed by atoms with Crippen LogP contribution in [0.15, 0.2) is 88.0 Å². The van der Waals surface area contributed by atoms with Gasteiger partial charge in [0.1, 0.15) is 35.3 Å². The Morgan fingerprint density at radius 2 is 1.70 bits per heavy atom. The van der Waals surface area contributed by atoms with E-state index in [2.05, 4.69) is 44.9 Å². The van der Waals surface area contributed by atoms with Gasteiger partial charge < -0.3 is 15.0 Å². The lowest BCUT2D eigenvalue weighted by atomic mass is 9.99. The molecule has 1 unspecified atom stereocenters. The topological polar surface area (TPSA) is 190 Å². The van der Waals surface area contributed by atoms with E-state index in [0.29, 0.717) is 64.9 Å². The fourth-order valence-corrected chi connectivity index (χ4v) is 10.3. The van der Waals surface area contributed by atoms with Gasteiger partial charge in [-0.3, -0.25) is 38.8 Å².